The fourth-order valence-electron chi connectivity index (χ4n) is 3.66. The van der Waals surface area contributed by atoms with Gasteiger partial charge in [-0.15, -0.1) is 0 Å². The van der Waals surface area contributed by atoms with Crippen molar-refractivity contribution in [2.75, 3.05) is 20.1 Å². The number of fused-ring (bicyclic) bond motifs is 3. The van der Waals surface area contributed by atoms with E-state index in [2.05, 4.69) is 66.5 Å². The summed E-state index contributed by atoms with van der Waals surface area (Å²) < 4.78 is 0. The first-order valence-corrected chi connectivity index (χ1v) is 7.74. The van der Waals surface area contributed by atoms with Gasteiger partial charge in [-0.1, -0.05) is 54.6 Å². The third-order valence-corrected chi connectivity index (χ3v) is 4.74. The van der Waals surface area contributed by atoms with Crippen LogP contribution in [-0.2, 0) is 0 Å². The zero-order valence-corrected chi connectivity index (χ0v) is 12.4. The molecular weight excluding hydrogens is 256 g/mol. The molecule has 2 heterocycles. The van der Waals surface area contributed by atoms with Crippen LogP contribution in [0, 0.1) is 0 Å². The van der Waals surface area contributed by atoms with Crippen molar-refractivity contribution in [2.45, 2.75) is 18.4 Å². The van der Waals surface area contributed by atoms with Crippen molar-refractivity contribution in [1.82, 2.24) is 4.90 Å². The fraction of sp³-hybridized carbons (Fsp3) is 0.316. The quantitative estimate of drug-likeness (QED) is 0.780. The summed E-state index contributed by atoms with van der Waals surface area (Å²) in [6.07, 6.45) is 1.16. The van der Waals surface area contributed by atoms with Crippen molar-refractivity contribution in [3.63, 3.8) is 0 Å². The van der Waals surface area contributed by atoms with Gasteiger partial charge in [-0.05, 0) is 25.6 Å². The predicted octanol–water partition coefficient (Wildman–Crippen LogP) is 3.33. The molecule has 106 valence electrons. The molecule has 0 aromatic heterocycles. The van der Waals surface area contributed by atoms with Crippen LogP contribution in [-0.4, -0.2) is 36.8 Å². The van der Waals surface area contributed by atoms with Gasteiger partial charge >= 0.3 is 0 Å². The van der Waals surface area contributed by atoms with Gasteiger partial charge in [-0.25, -0.2) is 0 Å². The highest BCUT2D eigenvalue weighted by Crippen LogP contribution is 2.36. The van der Waals surface area contributed by atoms with E-state index in [0.717, 1.165) is 19.5 Å². The number of benzene rings is 2. The van der Waals surface area contributed by atoms with E-state index >= 15 is 0 Å². The van der Waals surface area contributed by atoms with Crippen LogP contribution in [0.4, 0.5) is 0 Å². The maximum absolute atomic E-state index is 5.14. The summed E-state index contributed by atoms with van der Waals surface area (Å²) in [5.74, 6) is 0.549. The van der Waals surface area contributed by atoms with Crippen LogP contribution in [0.2, 0.25) is 0 Å². The number of likely N-dealkylation sites (N-methyl/N-ethyl adjacent to an activating group) is 1. The molecule has 0 unspecified atom stereocenters. The molecule has 2 aliphatic rings. The van der Waals surface area contributed by atoms with Gasteiger partial charge in [0.15, 0.2) is 0 Å². The van der Waals surface area contributed by atoms with Crippen molar-refractivity contribution >= 4 is 5.71 Å². The lowest BCUT2D eigenvalue weighted by molar-refractivity contribution is 0.227. The van der Waals surface area contributed by atoms with E-state index in [9.17, 15) is 0 Å². The first kappa shape index (κ1) is 12.8. The topological polar surface area (TPSA) is 15.6 Å². The van der Waals surface area contributed by atoms with Gasteiger partial charge in [-0.3, -0.25) is 4.99 Å². The Hall–Kier alpha value is -1.93. The summed E-state index contributed by atoms with van der Waals surface area (Å²) in [5, 5.41) is 0. The minimum Gasteiger partial charge on any atom is -0.306 e. The Labute approximate surface area is 126 Å². The molecule has 0 aliphatic carbocycles. The molecule has 21 heavy (non-hydrogen) atoms. The summed E-state index contributed by atoms with van der Waals surface area (Å²) in [6, 6.07) is 19.9. The summed E-state index contributed by atoms with van der Waals surface area (Å²) in [5.41, 5.74) is 5.21. The van der Waals surface area contributed by atoms with Crippen molar-refractivity contribution in [3.8, 4) is 0 Å². The van der Waals surface area contributed by atoms with Gasteiger partial charge in [0.25, 0.3) is 0 Å². The normalized spacial score (nSPS) is 24.9. The van der Waals surface area contributed by atoms with E-state index in [0.29, 0.717) is 12.0 Å². The summed E-state index contributed by atoms with van der Waals surface area (Å²) in [4.78, 5) is 7.57. The molecule has 0 N–H and O–H groups in total. The fourth-order valence-corrected chi connectivity index (χ4v) is 3.66. The Kier molecular flexibility index (Phi) is 3.12. The predicted molar refractivity (Wildman–Crippen MR) is 87.2 cm³/mol. The van der Waals surface area contributed by atoms with E-state index in [1.165, 1.54) is 22.4 Å². The second-order valence-corrected chi connectivity index (χ2v) is 6.16. The van der Waals surface area contributed by atoms with E-state index in [1.807, 2.05) is 0 Å². The monoisotopic (exact) mass is 276 g/mol. The van der Waals surface area contributed by atoms with E-state index in [1.54, 1.807) is 0 Å². The average molecular weight is 276 g/mol. The van der Waals surface area contributed by atoms with Gasteiger partial charge in [0.2, 0.25) is 0 Å². The second kappa shape index (κ2) is 5.12. The summed E-state index contributed by atoms with van der Waals surface area (Å²) in [6.45, 7) is 2.27. The van der Waals surface area contributed by atoms with Crippen molar-refractivity contribution in [2.24, 2.45) is 4.99 Å². The van der Waals surface area contributed by atoms with E-state index < -0.39 is 0 Å². The number of rotatable bonds is 1. The number of piperidine rings is 1. The van der Waals surface area contributed by atoms with Crippen molar-refractivity contribution in [3.05, 3.63) is 71.3 Å². The maximum atomic E-state index is 5.14. The van der Waals surface area contributed by atoms with Gasteiger partial charge in [0, 0.05) is 23.6 Å². The van der Waals surface area contributed by atoms with Crippen LogP contribution >= 0.6 is 0 Å². The number of hydrogen-bond donors (Lipinski definition) is 0. The molecule has 2 aliphatic heterocycles. The molecule has 0 bridgehead atoms. The number of nitrogens with zero attached hydrogens (tertiary/aromatic N) is 2. The molecule has 0 spiro atoms. The van der Waals surface area contributed by atoms with Crippen LogP contribution < -0.4 is 0 Å². The highest BCUT2D eigenvalue weighted by atomic mass is 15.1. The van der Waals surface area contributed by atoms with Crippen LogP contribution in [0.15, 0.2) is 59.6 Å². The average Bonchev–Trinajstić information content (AvgIpc) is 2.55. The standard InChI is InChI=1S/C19H20N2/c1-21-12-11-18-17(13-21)15-9-5-6-10-16(15)19(20-18)14-7-3-2-4-8-14/h2-10,17-18H,11-13H2,1H3/t17-,18-/m1/s1. The molecule has 1 fully saturated rings. The molecule has 2 atom stereocenters. The molecule has 2 aromatic carbocycles. The SMILES string of the molecule is CN1CC[C@H]2N=C(c3ccccc3)c3ccccc3[C@H]2C1. The highest BCUT2D eigenvalue weighted by Gasteiger charge is 2.34. The number of likely N-dealkylation sites (tertiary alicyclic amines) is 1. The maximum Gasteiger partial charge on any atom is 0.0725 e. The van der Waals surface area contributed by atoms with Gasteiger partial charge in [-0.2, -0.15) is 0 Å². The van der Waals surface area contributed by atoms with Crippen LogP contribution in [0.5, 0.6) is 0 Å². The third-order valence-electron chi connectivity index (χ3n) is 4.74. The Morgan fingerprint density at radius 3 is 2.62 bits per heavy atom. The Bertz CT molecular complexity index is 675. The second-order valence-electron chi connectivity index (χ2n) is 6.16. The van der Waals surface area contributed by atoms with Gasteiger partial charge in [0.05, 0.1) is 11.8 Å². The van der Waals surface area contributed by atoms with Crippen LogP contribution in [0.3, 0.4) is 0 Å². The van der Waals surface area contributed by atoms with Gasteiger partial charge < -0.3 is 4.90 Å². The molecule has 0 radical (unpaired) electrons. The minimum atomic E-state index is 0.436. The van der Waals surface area contributed by atoms with E-state index in [-0.39, 0.29) is 0 Å². The third kappa shape index (κ3) is 2.20. The molecule has 2 aromatic rings. The lowest BCUT2D eigenvalue weighted by Gasteiger charge is -2.39. The zero-order chi connectivity index (χ0) is 14.2. The van der Waals surface area contributed by atoms with Crippen molar-refractivity contribution in [1.29, 1.82) is 0 Å². The van der Waals surface area contributed by atoms with E-state index in [4.69, 9.17) is 4.99 Å². The largest absolute Gasteiger partial charge is 0.306 e. The first-order valence-electron chi connectivity index (χ1n) is 7.74. The minimum absolute atomic E-state index is 0.436. The molecule has 2 heteroatoms. The first-order chi connectivity index (χ1) is 10.3. The number of aliphatic imine (C=N–C) groups is 1. The Morgan fingerprint density at radius 1 is 1.00 bits per heavy atom. The molecule has 4 rings (SSSR count). The summed E-state index contributed by atoms with van der Waals surface area (Å²) in [7, 11) is 2.22. The zero-order valence-electron chi connectivity index (χ0n) is 12.4. The Balaban J connectivity index is 1.85. The molecule has 0 amide bonds. The number of hydrogen-bond acceptors (Lipinski definition) is 2. The van der Waals surface area contributed by atoms with Crippen LogP contribution in [0.25, 0.3) is 0 Å². The molecule has 0 saturated carbocycles. The summed E-state index contributed by atoms with van der Waals surface area (Å²) >= 11 is 0. The molecule has 1 saturated heterocycles. The highest BCUT2D eigenvalue weighted by molar-refractivity contribution is 6.14. The van der Waals surface area contributed by atoms with Gasteiger partial charge in [0.1, 0.15) is 0 Å². The smallest absolute Gasteiger partial charge is 0.0725 e. The lowest BCUT2D eigenvalue weighted by atomic mass is 9.79. The van der Waals surface area contributed by atoms with Crippen molar-refractivity contribution < 1.29 is 0 Å². The van der Waals surface area contributed by atoms with Crippen LogP contribution in [0.1, 0.15) is 29.0 Å². The Morgan fingerprint density at radius 2 is 1.76 bits per heavy atom. The molecular formula is C19H20N2. The molecule has 2 nitrogen and oxygen atoms in total. The lowest BCUT2D eigenvalue weighted by Crippen LogP contribution is -2.41.